The summed E-state index contributed by atoms with van der Waals surface area (Å²) in [5.41, 5.74) is 9.55. The maximum atomic E-state index is 15.5. The van der Waals surface area contributed by atoms with Crippen LogP contribution < -0.4 is 10.6 Å². The van der Waals surface area contributed by atoms with Crippen molar-refractivity contribution in [3.05, 3.63) is 71.7 Å². The maximum absolute atomic E-state index is 15.5. The van der Waals surface area contributed by atoms with Crippen LogP contribution in [0.5, 0.6) is 0 Å². The Labute approximate surface area is 200 Å². The number of urea groups is 1. The summed E-state index contributed by atoms with van der Waals surface area (Å²) in [6.45, 7) is 1.99. The number of likely N-dealkylation sites (N-methyl/N-ethyl adjacent to an activating group) is 1. The van der Waals surface area contributed by atoms with Crippen LogP contribution in [-0.4, -0.2) is 39.1 Å². The van der Waals surface area contributed by atoms with Crippen molar-refractivity contribution in [1.82, 2.24) is 19.4 Å². The Kier molecular flexibility index (Phi) is 4.77. The molecular formula is C26H24F2N6O. The number of rotatable bonds is 4. The Bertz CT molecular complexity index is 1490. The van der Waals surface area contributed by atoms with Gasteiger partial charge in [0, 0.05) is 36.1 Å². The Morgan fingerprint density at radius 1 is 1.03 bits per heavy atom. The van der Waals surface area contributed by atoms with Gasteiger partial charge in [0.25, 0.3) is 0 Å². The molecule has 9 heteroatoms. The molecule has 1 unspecified atom stereocenters. The fourth-order valence-corrected chi connectivity index (χ4v) is 4.89. The number of aryl methyl sites for hydroxylation is 1. The molecule has 35 heavy (non-hydrogen) atoms. The second-order valence-electron chi connectivity index (χ2n) is 9.33. The molecule has 1 atom stereocenters. The van der Waals surface area contributed by atoms with Gasteiger partial charge in [0.15, 0.2) is 0 Å². The van der Waals surface area contributed by atoms with Crippen molar-refractivity contribution in [2.45, 2.75) is 31.8 Å². The molecule has 1 saturated carbocycles. The first-order chi connectivity index (χ1) is 16.8. The first kappa shape index (κ1) is 21.5. The molecule has 0 bridgehead atoms. The Hall–Kier alpha value is -4.01. The highest BCUT2D eigenvalue weighted by molar-refractivity contribution is 6.01. The summed E-state index contributed by atoms with van der Waals surface area (Å²) in [4.78, 5) is 24.6. The summed E-state index contributed by atoms with van der Waals surface area (Å²) in [5, 5.41) is 0.629. The van der Waals surface area contributed by atoms with E-state index in [1.54, 1.807) is 37.1 Å². The SMILES string of the molecule is Cc1ccc(C2CN(c3ccc(-c4cn(C5CC5)c5ncnc(N)c45)c(F)c3)C(=O)N2C)cc1F. The molecule has 1 aliphatic heterocycles. The van der Waals surface area contributed by atoms with Gasteiger partial charge in [-0.25, -0.2) is 23.5 Å². The van der Waals surface area contributed by atoms with Crippen molar-refractivity contribution in [3.63, 3.8) is 0 Å². The molecule has 2 N–H and O–H groups in total. The number of carbonyl (C=O) groups excluding carboxylic acids is 1. The summed E-state index contributed by atoms with van der Waals surface area (Å²) in [6, 6.07) is 9.45. The summed E-state index contributed by atoms with van der Waals surface area (Å²) in [7, 11) is 1.67. The van der Waals surface area contributed by atoms with E-state index >= 15 is 4.39 Å². The van der Waals surface area contributed by atoms with E-state index in [4.69, 9.17) is 5.73 Å². The summed E-state index contributed by atoms with van der Waals surface area (Å²) < 4.78 is 31.7. The van der Waals surface area contributed by atoms with Crippen LogP contribution in [0.15, 0.2) is 48.9 Å². The summed E-state index contributed by atoms with van der Waals surface area (Å²) in [6.07, 6.45) is 5.41. The van der Waals surface area contributed by atoms with Crippen molar-refractivity contribution in [2.24, 2.45) is 0 Å². The van der Waals surface area contributed by atoms with E-state index in [2.05, 4.69) is 9.97 Å². The van der Waals surface area contributed by atoms with E-state index in [1.807, 2.05) is 16.8 Å². The van der Waals surface area contributed by atoms with Crippen LogP contribution in [0, 0.1) is 18.6 Å². The molecule has 1 aliphatic carbocycles. The zero-order chi connectivity index (χ0) is 24.4. The topological polar surface area (TPSA) is 80.3 Å². The lowest BCUT2D eigenvalue weighted by atomic mass is 10.0. The highest BCUT2D eigenvalue weighted by atomic mass is 19.1. The lowest BCUT2D eigenvalue weighted by Crippen LogP contribution is -2.29. The van der Waals surface area contributed by atoms with Crippen molar-refractivity contribution in [1.29, 1.82) is 0 Å². The number of nitrogens with zero attached hydrogens (tertiary/aromatic N) is 5. The molecule has 0 spiro atoms. The number of nitrogens with two attached hydrogens (primary N) is 1. The number of benzene rings is 2. The van der Waals surface area contributed by atoms with E-state index in [9.17, 15) is 9.18 Å². The van der Waals surface area contributed by atoms with Crippen molar-refractivity contribution in [2.75, 3.05) is 24.2 Å². The number of halogens is 2. The standard InChI is InChI=1S/C26H24F2N6O/c1-14-3-4-15(9-20(14)27)22-12-34(26(35)32(22)2)17-7-8-18(21(28)10-17)19-11-33(16-5-6-16)25-23(19)24(29)30-13-31-25/h3-4,7-11,13,16,22H,5-6,12H2,1-2H3,(H2,29,30,31). The molecule has 3 heterocycles. The molecule has 6 rings (SSSR count). The van der Waals surface area contributed by atoms with Gasteiger partial charge >= 0.3 is 6.03 Å². The molecule has 2 fully saturated rings. The summed E-state index contributed by atoms with van der Waals surface area (Å²) in [5.74, 6) is -0.482. The first-order valence-corrected chi connectivity index (χ1v) is 11.5. The highest BCUT2D eigenvalue weighted by Gasteiger charge is 2.37. The average Bonchev–Trinajstić information content (AvgIpc) is 3.54. The third-order valence-corrected chi connectivity index (χ3v) is 7.07. The number of amides is 2. The van der Waals surface area contributed by atoms with Gasteiger partial charge in [-0.1, -0.05) is 12.1 Å². The molecule has 2 amide bonds. The van der Waals surface area contributed by atoms with Crippen LogP contribution >= 0.6 is 0 Å². The predicted molar refractivity (Wildman–Crippen MR) is 130 cm³/mol. The van der Waals surface area contributed by atoms with Crippen LogP contribution in [0.1, 0.15) is 36.1 Å². The zero-order valence-electron chi connectivity index (χ0n) is 19.4. The van der Waals surface area contributed by atoms with E-state index in [-0.39, 0.29) is 17.9 Å². The molecule has 2 aliphatic rings. The largest absolute Gasteiger partial charge is 0.383 e. The van der Waals surface area contributed by atoms with E-state index in [0.29, 0.717) is 57.4 Å². The van der Waals surface area contributed by atoms with Gasteiger partial charge in [-0.15, -0.1) is 0 Å². The first-order valence-electron chi connectivity index (χ1n) is 11.5. The second kappa shape index (κ2) is 7.76. The van der Waals surface area contributed by atoms with Crippen LogP contribution in [0.2, 0.25) is 0 Å². The van der Waals surface area contributed by atoms with Crippen molar-refractivity contribution >= 4 is 28.6 Å². The monoisotopic (exact) mass is 474 g/mol. The highest BCUT2D eigenvalue weighted by Crippen LogP contribution is 2.43. The van der Waals surface area contributed by atoms with Gasteiger partial charge in [0.05, 0.1) is 18.0 Å². The number of carbonyl (C=O) groups is 1. The lowest BCUT2D eigenvalue weighted by molar-refractivity contribution is 0.219. The Morgan fingerprint density at radius 2 is 1.83 bits per heavy atom. The third-order valence-electron chi connectivity index (χ3n) is 7.07. The molecule has 7 nitrogen and oxygen atoms in total. The van der Waals surface area contributed by atoms with E-state index in [0.717, 1.165) is 12.8 Å². The smallest absolute Gasteiger partial charge is 0.324 e. The van der Waals surface area contributed by atoms with Crippen LogP contribution in [0.3, 0.4) is 0 Å². The Morgan fingerprint density at radius 3 is 2.54 bits per heavy atom. The van der Waals surface area contributed by atoms with Crippen LogP contribution in [0.4, 0.5) is 25.1 Å². The predicted octanol–water partition coefficient (Wildman–Crippen LogP) is 5.22. The molecule has 0 radical (unpaired) electrons. The fourth-order valence-electron chi connectivity index (χ4n) is 4.89. The quantitative estimate of drug-likeness (QED) is 0.440. The molecule has 4 aromatic rings. The number of hydrogen-bond acceptors (Lipinski definition) is 4. The maximum Gasteiger partial charge on any atom is 0.324 e. The van der Waals surface area contributed by atoms with Crippen molar-refractivity contribution < 1.29 is 13.6 Å². The third kappa shape index (κ3) is 3.41. The normalized spacial score (nSPS) is 18.2. The van der Waals surface area contributed by atoms with Crippen LogP contribution in [0.25, 0.3) is 22.2 Å². The number of aromatic nitrogens is 3. The minimum atomic E-state index is -0.471. The zero-order valence-corrected chi connectivity index (χ0v) is 19.4. The number of anilines is 2. The van der Waals surface area contributed by atoms with Gasteiger partial charge in [-0.05, 0) is 55.2 Å². The van der Waals surface area contributed by atoms with Gasteiger partial charge in [-0.2, -0.15) is 0 Å². The molecule has 2 aromatic heterocycles. The number of nitrogen functional groups attached to an aromatic ring is 1. The minimum absolute atomic E-state index is 0.272. The number of hydrogen-bond donors (Lipinski definition) is 1. The molecule has 1 saturated heterocycles. The lowest BCUT2D eigenvalue weighted by Gasteiger charge is -2.18. The van der Waals surface area contributed by atoms with Gasteiger partial charge in [-0.3, -0.25) is 4.90 Å². The number of fused-ring (bicyclic) bond motifs is 1. The molecule has 2 aromatic carbocycles. The van der Waals surface area contributed by atoms with Crippen molar-refractivity contribution in [3.8, 4) is 11.1 Å². The van der Waals surface area contributed by atoms with Gasteiger partial charge in [0.1, 0.15) is 29.4 Å². The fraction of sp³-hybridized carbons (Fsp3) is 0.269. The minimum Gasteiger partial charge on any atom is -0.383 e. The van der Waals surface area contributed by atoms with Gasteiger partial charge in [0.2, 0.25) is 0 Å². The van der Waals surface area contributed by atoms with E-state index < -0.39 is 5.82 Å². The molecular weight excluding hydrogens is 450 g/mol. The molecule has 178 valence electrons. The van der Waals surface area contributed by atoms with Crippen LogP contribution in [-0.2, 0) is 0 Å². The summed E-state index contributed by atoms with van der Waals surface area (Å²) >= 11 is 0. The second-order valence-corrected chi connectivity index (χ2v) is 9.33. The van der Waals surface area contributed by atoms with Gasteiger partial charge < -0.3 is 15.2 Å². The van der Waals surface area contributed by atoms with E-state index in [1.165, 1.54) is 23.4 Å². The Balaban J connectivity index is 1.36. The average molecular weight is 475 g/mol.